The number of piperazine rings is 1. The quantitative estimate of drug-likeness (QED) is 0.781. The normalized spacial score (nSPS) is 16.3. The van der Waals surface area contributed by atoms with E-state index < -0.39 is 10.0 Å². The van der Waals surface area contributed by atoms with Gasteiger partial charge < -0.3 is 14.4 Å². The van der Waals surface area contributed by atoms with Gasteiger partial charge in [0.05, 0.1) is 45.3 Å². The zero-order chi connectivity index (χ0) is 19.4. The molecule has 0 amide bonds. The molecule has 2 aromatic rings. The standard InChI is InChI=1S/C19H23ClN2O4S/c1-25-18-7-6-17(13-19(18)26-2)27(23,24)22-10-8-21(9-11-22)14-15-4-3-5-16(20)12-15/h3-7,12-13H,8-11,14H2,1-2H3/p+1. The minimum Gasteiger partial charge on any atom is -0.493 e. The zero-order valence-electron chi connectivity index (χ0n) is 15.4. The average molecular weight is 412 g/mol. The maximum atomic E-state index is 13.0. The highest BCUT2D eigenvalue weighted by molar-refractivity contribution is 7.89. The molecule has 1 aliphatic rings. The van der Waals surface area contributed by atoms with Crippen molar-refractivity contribution in [3.05, 3.63) is 53.1 Å². The van der Waals surface area contributed by atoms with Gasteiger partial charge in [0.15, 0.2) is 11.5 Å². The molecule has 8 heteroatoms. The molecule has 1 aliphatic heterocycles. The Bertz CT molecular complexity index is 896. The lowest BCUT2D eigenvalue weighted by Crippen LogP contribution is -3.13. The number of benzene rings is 2. The highest BCUT2D eigenvalue weighted by Crippen LogP contribution is 2.30. The predicted molar refractivity (Wildman–Crippen MR) is 104 cm³/mol. The molecule has 0 unspecified atom stereocenters. The Kier molecular flexibility index (Phi) is 6.26. The molecule has 0 saturated carbocycles. The molecule has 0 aromatic heterocycles. The summed E-state index contributed by atoms with van der Waals surface area (Å²) in [6, 6.07) is 12.5. The molecule has 1 N–H and O–H groups in total. The van der Waals surface area contributed by atoms with Gasteiger partial charge >= 0.3 is 0 Å². The second kappa shape index (κ2) is 8.48. The maximum Gasteiger partial charge on any atom is 0.243 e. The van der Waals surface area contributed by atoms with Crippen molar-refractivity contribution in [2.45, 2.75) is 11.4 Å². The third-order valence-corrected chi connectivity index (χ3v) is 6.90. The lowest BCUT2D eigenvalue weighted by Gasteiger charge is -2.31. The van der Waals surface area contributed by atoms with E-state index in [1.54, 1.807) is 12.1 Å². The summed E-state index contributed by atoms with van der Waals surface area (Å²) in [7, 11) is -0.545. The Balaban J connectivity index is 1.67. The average Bonchev–Trinajstić information content (AvgIpc) is 2.68. The van der Waals surface area contributed by atoms with E-state index in [1.807, 2.05) is 24.3 Å². The molecule has 0 bridgehead atoms. The van der Waals surface area contributed by atoms with Crippen molar-refractivity contribution in [3.8, 4) is 11.5 Å². The van der Waals surface area contributed by atoms with Crippen molar-refractivity contribution in [1.29, 1.82) is 0 Å². The molecule has 0 spiro atoms. The molecular weight excluding hydrogens is 388 g/mol. The van der Waals surface area contributed by atoms with Crippen LogP contribution in [0.2, 0.25) is 5.02 Å². The SMILES string of the molecule is COc1ccc(S(=O)(=O)N2CC[NH+](Cc3cccc(Cl)c3)CC2)cc1OC. The smallest absolute Gasteiger partial charge is 0.243 e. The molecule has 1 fully saturated rings. The van der Waals surface area contributed by atoms with E-state index in [4.69, 9.17) is 21.1 Å². The van der Waals surface area contributed by atoms with E-state index in [2.05, 4.69) is 0 Å². The number of rotatable bonds is 6. The molecule has 146 valence electrons. The second-order valence-corrected chi connectivity index (χ2v) is 8.85. The minimum atomic E-state index is -3.56. The number of sulfonamides is 1. The van der Waals surface area contributed by atoms with Crippen LogP contribution in [0.3, 0.4) is 0 Å². The summed E-state index contributed by atoms with van der Waals surface area (Å²) < 4.78 is 37.9. The Morgan fingerprint density at radius 3 is 2.37 bits per heavy atom. The van der Waals surface area contributed by atoms with Crippen LogP contribution < -0.4 is 14.4 Å². The van der Waals surface area contributed by atoms with Crippen molar-refractivity contribution in [2.24, 2.45) is 0 Å². The lowest BCUT2D eigenvalue weighted by atomic mass is 10.2. The number of quaternary nitrogens is 1. The summed E-state index contributed by atoms with van der Waals surface area (Å²) >= 11 is 6.04. The predicted octanol–water partition coefficient (Wildman–Crippen LogP) is 1.45. The second-order valence-electron chi connectivity index (χ2n) is 6.48. The van der Waals surface area contributed by atoms with Crippen LogP contribution in [-0.4, -0.2) is 53.1 Å². The Morgan fingerprint density at radius 1 is 1.04 bits per heavy atom. The first kappa shape index (κ1) is 19.9. The summed E-state index contributed by atoms with van der Waals surface area (Å²) in [5.41, 5.74) is 1.16. The first-order valence-corrected chi connectivity index (χ1v) is 10.6. The van der Waals surface area contributed by atoms with Gasteiger partial charge in [-0.1, -0.05) is 23.7 Å². The first-order chi connectivity index (χ1) is 12.9. The van der Waals surface area contributed by atoms with Gasteiger partial charge in [-0.25, -0.2) is 8.42 Å². The Labute approximate surface area is 165 Å². The fourth-order valence-electron chi connectivity index (χ4n) is 3.28. The Hall–Kier alpha value is -1.80. The molecule has 1 heterocycles. The number of hydrogen-bond acceptors (Lipinski definition) is 4. The molecule has 1 saturated heterocycles. The van der Waals surface area contributed by atoms with Crippen molar-refractivity contribution in [1.82, 2.24) is 4.31 Å². The van der Waals surface area contributed by atoms with E-state index >= 15 is 0 Å². The van der Waals surface area contributed by atoms with Crippen molar-refractivity contribution < 1.29 is 22.8 Å². The van der Waals surface area contributed by atoms with Crippen LogP contribution in [0.1, 0.15) is 5.56 Å². The molecule has 3 rings (SSSR count). The van der Waals surface area contributed by atoms with Crippen LogP contribution in [0.4, 0.5) is 0 Å². The topological polar surface area (TPSA) is 60.3 Å². The lowest BCUT2D eigenvalue weighted by molar-refractivity contribution is -0.917. The van der Waals surface area contributed by atoms with Crippen LogP contribution in [0, 0.1) is 0 Å². The number of hydrogen-bond donors (Lipinski definition) is 1. The molecular formula is C19H24ClN2O4S+. The number of halogens is 1. The monoisotopic (exact) mass is 411 g/mol. The van der Waals surface area contributed by atoms with E-state index in [9.17, 15) is 8.42 Å². The van der Waals surface area contributed by atoms with Crippen molar-refractivity contribution in [3.63, 3.8) is 0 Å². The fraction of sp³-hybridized carbons (Fsp3) is 0.368. The van der Waals surface area contributed by atoms with E-state index in [-0.39, 0.29) is 4.90 Å². The van der Waals surface area contributed by atoms with Gasteiger partial charge in [-0.15, -0.1) is 0 Å². The van der Waals surface area contributed by atoms with Gasteiger partial charge in [0, 0.05) is 16.7 Å². The van der Waals surface area contributed by atoms with Crippen LogP contribution in [0.25, 0.3) is 0 Å². The highest BCUT2D eigenvalue weighted by atomic mass is 35.5. The van der Waals surface area contributed by atoms with Gasteiger partial charge in [0.25, 0.3) is 0 Å². The minimum absolute atomic E-state index is 0.221. The molecule has 6 nitrogen and oxygen atoms in total. The summed E-state index contributed by atoms with van der Waals surface area (Å²) in [6.07, 6.45) is 0. The van der Waals surface area contributed by atoms with Gasteiger partial charge in [-0.2, -0.15) is 4.31 Å². The van der Waals surface area contributed by atoms with Crippen molar-refractivity contribution >= 4 is 21.6 Å². The van der Waals surface area contributed by atoms with E-state index in [1.165, 1.54) is 29.5 Å². The molecule has 0 atom stereocenters. The molecule has 27 heavy (non-hydrogen) atoms. The van der Waals surface area contributed by atoms with Crippen LogP contribution in [-0.2, 0) is 16.6 Å². The molecule has 0 radical (unpaired) electrons. The summed E-state index contributed by atoms with van der Waals surface area (Å²) in [6.45, 7) is 3.29. The fourth-order valence-corrected chi connectivity index (χ4v) is 4.95. The van der Waals surface area contributed by atoms with Crippen LogP contribution in [0.5, 0.6) is 11.5 Å². The first-order valence-electron chi connectivity index (χ1n) is 8.74. The van der Waals surface area contributed by atoms with Crippen LogP contribution >= 0.6 is 11.6 Å². The number of methoxy groups -OCH3 is 2. The highest BCUT2D eigenvalue weighted by Gasteiger charge is 2.31. The van der Waals surface area contributed by atoms with Gasteiger partial charge in [0.2, 0.25) is 10.0 Å². The third-order valence-electron chi connectivity index (χ3n) is 4.77. The summed E-state index contributed by atoms with van der Waals surface area (Å²) in [5, 5.41) is 0.724. The molecule has 2 aromatic carbocycles. The van der Waals surface area contributed by atoms with E-state index in [0.717, 1.165) is 30.2 Å². The maximum absolute atomic E-state index is 13.0. The van der Waals surface area contributed by atoms with Crippen LogP contribution in [0.15, 0.2) is 47.4 Å². The zero-order valence-corrected chi connectivity index (χ0v) is 17.0. The summed E-state index contributed by atoms with van der Waals surface area (Å²) in [5.74, 6) is 0.913. The molecule has 0 aliphatic carbocycles. The van der Waals surface area contributed by atoms with Gasteiger partial charge in [-0.05, 0) is 24.3 Å². The number of ether oxygens (including phenoxy) is 2. The Morgan fingerprint density at radius 2 is 1.74 bits per heavy atom. The van der Waals surface area contributed by atoms with Crippen molar-refractivity contribution in [2.75, 3.05) is 40.4 Å². The van der Waals surface area contributed by atoms with Gasteiger partial charge in [-0.3, -0.25) is 0 Å². The van der Waals surface area contributed by atoms with Gasteiger partial charge in [0.1, 0.15) is 6.54 Å². The number of nitrogens with one attached hydrogen (secondary N) is 1. The largest absolute Gasteiger partial charge is 0.493 e. The summed E-state index contributed by atoms with van der Waals surface area (Å²) in [4.78, 5) is 1.56. The number of nitrogens with zero attached hydrogens (tertiary/aromatic N) is 1. The third kappa shape index (κ3) is 4.55. The van der Waals surface area contributed by atoms with E-state index in [0.29, 0.717) is 24.6 Å².